The highest BCUT2D eigenvalue weighted by Gasteiger charge is 2.35. The van der Waals surface area contributed by atoms with Crippen LogP contribution in [-0.2, 0) is 0 Å². The van der Waals surface area contributed by atoms with E-state index in [1.807, 2.05) is 6.07 Å². The zero-order valence-corrected chi connectivity index (χ0v) is 8.89. The lowest BCUT2D eigenvalue weighted by Gasteiger charge is -2.19. The van der Waals surface area contributed by atoms with Gasteiger partial charge >= 0.3 is 0 Å². The summed E-state index contributed by atoms with van der Waals surface area (Å²) in [5.41, 5.74) is 6.95. The minimum Gasteiger partial charge on any atom is -0.384 e. The smallest absolute Gasteiger partial charge is 0.125 e. The van der Waals surface area contributed by atoms with Gasteiger partial charge in [0.1, 0.15) is 5.82 Å². The summed E-state index contributed by atoms with van der Waals surface area (Å²) in [7, 11) is 0. The molecule has 3 rings (SSSR count). The van der Waals surface area contributed by atoms with Gasteiger partial charge in [0.25, 0.3) is 0 Å². The largest absolute Gasteiger partial charge is 0.384 e. The normalized spacial score (nSPS) is 29.5. The Morgan fingerprint density at radius 1 is 1.27 bits per heavy atom. The zero-order chi connectivity index (χ0) is 10.3. The van der Waals surface area contributed by atoms with Crippen molar-refractivity contribution in [3.8, 4) is 0 Å². The number of aromatic nitrogens is 1. The minimum atomic E-state index is 0.629. The number of fused-ring (bicyclic) bond motifs is 1. The lowest BCUT2D eigenvalue weighted by Crippen LogP contribution is -2.20. The van der Waals surface area contributed by atoms with Gasteiger partial charge in [-0.2, -0.15) is 0 Å². The highest BCUT2D eigenvalue weighted by atomic mass is 15.2. The van der Waals surface area contributed by atoms with E-state index in [0.717, 1.165) is 11.8 Å². The maximum Gasteiger partial charge on any atom is 0.125 e. The highest BCUT2D eigenvalue weighted by molar-refractivity contribution is 5.53. The molecule has 2 fully saturated rings. The predicted octanol–water partition coefficient (Wildman–Crippen LogP) is 1.90. The van der Waals surface area contributed by atoms with Crippen molar-refractivity contribution in [2.75, 3.05) is 23.7 Å². The van der Waals surface area contributed by atoms with Gasteiger partial charge in [0.05, 0.1) is 0 Å². The molecule has 1 saturated heterocycles. The monoisotopic (exact) mass is 203 g/mol. The third kappa shape index (κ3) is 1.56. The van der Waals surface area contributed by atoms with E-state index in [1.165, 1.54) is 38.0 Å². The van der Waals surface area contributed by atoms with Gasteiger partial charge in [0.15, 0.2) is 0 Å². The lowest BCUT2D eigenvalue weighted by atomic mass is 10.0. The molecular formula is C12H17N3. The van der Waals surface area contributed by atoms with Gasteiger partial charge in [-0.15, -0.1) is 0 Å². The molecule has 2 heterocycles. The van der Waals surface area contributed by atoms with E-state index in [9.17, 15) is 0 Å². The van der Waals surface area contributed by atoms with E-state index in [0.29, 0.717) is 5.82 Å². The van der Waals surface area contributed by atoms with Crippen molar-refractivity contribution in [2.24, 2.45) is 11.8 Å². The topological polar surface area (TPSA) is 42.1 Å². The molecule has 1 aromatic heterocycles. The Morgan fingerprint density at radius 3 is 2.67 bits per heavy atom. The van der Waals surface area contributed by atoms with E-state index in [2.05, 4.69) is 16.0 Å². The fourth-order valence-electron chi connectivity index (χ4n) is 3.08. The van der Waals surface area contributed by atoms with Crippen molar-refractivity contribution < 1.29 is 0 Å². The number of pyridine rings is 1. The van der Waals surface area contributed by atoms with Crippen LogP contribution in [0.4, 0.5) is 11.5 Å². The first-order valence-electron chi connectivity index (χ1n) is 5.79. The molecule has 2 unspecified atom stereocenters. The standard InChI is InChI=1S/C12H17N3/c13-12-6-11(4-5-14-12)15-7-9-2-1-3-10(9)8-15/h4-6,9-10H,1-3,7-8H2,(H2,13,14). The number of nitrogens with zero attached hydrogens (tertiary/aromatic N) is 2. The summed E-state index contributed by atoms with van der Waals surface area (Å²) in [5, 5.41) is 0. The lowest BCUT2D eigenvalue weighted by molar-refractivity contribution is 0.494. The summed E-state index contributed by atoms with van der Waals surface area (Å²) in [6.45, 7) is 2.43. The number of anilines is 2. The molecule has 2 atom stereocenters. The molecule has 1 aliphatic heterocycles. The summed E-state index contributed by atoms with van der Waals surface area (Å²) < 4.78 is 0. The first kappa shape index (κ1) is 9.01. The van der Waals surface area contributed by atoms with Gasteiger partial charge in [0.2, 0.25) is 0 Å². The molecule has 0 radical (unpaired) electrons. The number of hydrogen-bond donors (Lipinski definition) is 1. The van der Waals surface area contributed by atoms with Gasteiger partial charge in [-0.05, 0) is 30.7 Å². The maximum absolute atomic E-state index is 5.70. The Hall–Kier alpha value is -1.25. The Morgan fingerprint density at radius 2 is 2.00 bits per heavy atom. The second kappa shape index (κ2) is 3.40. The Balaban J connectivity index is 1.79. The summed E-state index contributed by atoms with van der Waals surface area (Å²) >= 11 is 0. The van der Waals surface area contributed by atoms with E-state index in [-0.39, 0.29) is 0 Å². The maximum atomic E-state index is 5.70. The van der Waals surface area contributed by atoms with Crippen molar-refractivity contribution in [3.05, 3.63) is 18.3 Å². The van der Waals surface area contributed by atoms with E-state index < -0.39 is 0 Å². The summed E-state index contributed by atoms with van der Waals surface area (Å²) in [6, 6.07) is 4.05. The third-order valence-corrected chi connectivity index (χ3v) is 3.86. The second-order valence-corrected chi connectivity index (χ2v) is 4.79. The summed E-state index contributed by atoms with van der Waals surface area (Å²) in [4.78, 5) is 6.50. The zero-order valence-electron chi connectivity index (χ0n) is 8.89. The first-order valence-corrected chi connectivity index (χ1v) is 5.79. The predicted molar refractivity (Wildman–Crippen MR) is 61.7 cm³/mol. The van der Waals surface area contributed by atoms with Gasteiger partial charge in [0, 0.05) is 31.0 Å². The Kier molecular flexibility index (Phi) is 2.04. The molecule has 2 aliphatic rings. The van der Waals surface area contributed by atoms with E-state index >= 15 is 0 Å². The fourth-order valence-corrected chi connectivity index (χ4v) is 3.08. The SMILES string of the molecule is Nc1cc(N2CC3CCCC3C2)ccn1. The minimum absolute atomic E-state index is 0.629. The first-order chi connectivity index (χ1) is 7.33. The average molecular weight is 203 g/mol. The van der Waals surface area contributed by atoms with Crippen molar-refractivity contribution in [3.63, 3.8) is 0 Å². The molecule has 2 N–H and O–H groups in total. The molecule has 0 aromatic carbocycles. The van der Waals surface area contributed by atoms with Crippen LogP contribution in [0.25, 0.3) is 0 Å². The summed E-state index contributed by atoms with van der Waals surface area (Å²) in [5.74, 6) is 2.49. The van der Waals surface area contributed by atoms with Gasteiger partial charge < -0.3 is 10.6 Å². The summed E-state index contributed by atoms with van der Waals surface area (Å²) in [6.07, 6.45) is 6.07. The Bertz CT molecular complexity index is 352. The number of hydrogen-bond acceptors (Lipinski definition) is 3. The average Bonchev–Trinajstić information content (AvgIpc) is 2.76. The van der Waals surface area contributed by atoms with Crippen molar-refractivity contribution in [1.29, 1.82) is 0 Å². The van der Waals surface area contributed by atoms with Crippen LogP contribution in [0, 0.1) is 11.8 Å². The molecule has 0 spiro atoms. The fraction of sp³-hybridized carbons (Fsp3) is 0.583. The van der Waals surface area contributed by atoms with Gasteiger partial charge in [-0.25, -0.2) is 4.98 Å². The molecule has 15 heavy (non-hydrogen) atoms. The van der Waals surface area contributed by atoms with Crippen LogP contribution in [-0.4, -0.2) is 18.1 Å². The van der Waals surface area contributed by atoms with Crippen LogP contribution in [0.1, 0.15) is 19.3 Å². The van der Waals surface area contributed by atoms with Crippen molar-refractivity contribution in [2.45, 2.75) is 19.3 Å². The molecule has 3 nitrogen and oxygen atoms in total. The molecule has 1 aliphatic carbocycles. The molecule has 1 aromatic rings. The second-order valence-electron chi connectivity index (χ2n) is 4.79. The highest BCUT2D eigenvalue weighted by Crippen LogP contribution is 2.39. The number of nitrogens with two attached hydrogens (primary N) is 1. The van der Waals surface area contributed by atoms with Crippen LogP contribution in [0.5, 0.6) is 0 Å². The van der Waals surface area contributed by atoms with Crippen LogP contribution in [0.15, 0.2) is 18.3 Å². The Labute approximate surface area is 90.3 Å². The molecule has 0 bridgehead atoms. The van der Waals surface area contributed by atoms with E-state index in [4.69, 9.17) is 5.73 Å². The van der Waals surface area contributed by atoms with Gasteiger partial charge in [-0.1, -0.05) is 6.42 Å². The number of rotatable bonds is 1. The molecule has 1 saturated carbocycles. The van der Waals surface area contributed by atoms with Crippen molar-refractivity contribution >= 4 is 11.5 Å². The molecule has 3 heteroatoms. The quantitative estimate of drug-likeness (QED) is 0.758. The molecular weight excluding hydrogens is 186 g/mol. The van der Waals surface area contributed by atoms with Crippen molar-refractivity contribution in [1.82, 2.24) is 4.98 Å². The molecule has 0 amide bonds. The van der Waals surface area contributed by atoms with Crippen LogP contribution < -0.4 is 10.6 Å². The van der Waals surface area contributed by atoms with Gasteiger partial charge in [-0.3, -0.25) is 0 Å². The van der Waals surface area contributed by atoms with Crippen LogP contribution in [0.2, 0.25) is 0 Å². The number of nitrogen functional groups attached to an aromatic ring is 1. The third-order valence-electron chi connectivity index (χ3n) is 3.86. The van der Waals surface area contributed by atoms with Crippen LogP contribution in [0.3, 0.4) is 0 Å². The van der Waals surface area contributed by atoms with E-state index in [1.54, 1.807) is 6.20 Å². The molecule has 80 valence electrons. The van der Waals surface area contributed by atoms with Crippen LogP contribution >= 0.6 is 0 Å².